The third-order valence-electron chi connectivity index (χ3n) is 3.33. The van der Waals surface area contributed by atoms with E-state index in [0.29, 0.717) is 6.42 Å². The molecule has 8 heteroatoms. The number of rotatable bonds is 7. The van der Waals surface area contributed by atoms with Crippen LogP contribution in [0.2, 0.25) is 0 Å². The van der Waals surface area contributed by atoms with Gasteiger partial charge in [-0.1, -0.05) is 26.0 Å². The lowest BCUT2D eigenvalue weighted by Crippen LogP contribution is -2.51. The van der Waals surface area contributed by atoms with E-state index in [4.69, 9.17) is 5.73 Å². The van der Waals surface area contributed by atoms with E-state index in [1.807, 2.05) is 13.8 Å². The number of sulfonamides is 1. The van der Waals surface area contributed by atoms with Crippen molar-refractivity contribution < 1.29 is 21.6 Å². The number of benzene rings is 1. The van der Waals surface area contributed by atoms with Crippen LogP contribution in [0, 0.1) is 5.92 Å². The molecule has 0 aliphatic rings. The molecule has 1 aromatic carbocycles. The van der Waals surface area contributed by atoms with Crippen molar-refractivity contribution in [1.29, 1.82) is 0 Å². The summed E-state index contributed by atoms with van der Waals surface area (Å²) in [6.45, 7) is 5.74. The summed E-state index contributed by atoms with van der Waals surface area (Å²) >= 11 is 0. The Balaban J connectivity index is 2.96. The van der Waals surface area contributed by atoms with Gasteiger partial charge in [0.15, 0.2) is 0 Å². The van der Waals surface area contributed by atoms with Gasteiger partial charge in [-0.2, -0.15) is 13.2 Å². The maximum Gasteiger partial charge on any atom is 0.393 e. The monoisotopic (exact) mass is 352 g/mol. The van der Waals surface area contributed by atoms with Gasteiger partial charge in [0.25, 0.3) is 0 Å². The van der Waals surface area contributed by atoms with Gasteiger partial charge in [0.1, 0.15) is 0 Å². The van der Waals surface area contributed by atoms with Crippen LogP contribution in [0.15, 0.2) is 29.2 Å². The molecule has 1 atom stereocenters. The summed E-state index contributed by atoms with van der Waals surface area (Å²) in [5.41, 5.74) is 4.89. The molecule has 0 heterocycles. The zero-order valence-electron chi connectivity index (χ0n) is 13.4. The molecule has 0 bridgehead atoms. The SMILES string of the molecule is CC(C)CC(C)(CN)NS(=O)(=O)c1ccc(CC(F)(F)F)cc1. The van der Waals surface area contributed by atoms with Crippen LogP contribution >= 0.6 is 0 Å². The maximum atomic E-state index is 12.4. The second-order valence-electron chi connectivity index (χ2n) is 6.40. The molecule has 0 aliphatic carbocycles. The van der Waals surface area contributed by atoms with Crippen molar-refractivity contribution in [2.24, 2.45) is 11.7 Å². The number of alkyl halides is 3. The summed E-state index contributed by atoms with van der Waals surface area (Å²) in [5.74, 6) is 0.236. The first kappa shape index (κ1) is 19.9. The molecule has 1 rings (SSSR count). The number of halogens is 3. The lowest BCUT2D eigenvalue weighted by molar-refractivity contribution is -0.127. The summed E-state index contributed by atoms with van der Waals surface area (Å²) in [6.07, 6.45) is -4.86. The highest BCUT2D eigenvalue weighted by Gasteiger charge is 2.31. The van der Waals surface area contributed by atoms with Gasteiger partial charge in [0.05, 0.1) is 11.3 Å². The molecule has 0 saturated carbocycles. The van der Waals surface area contributed by atoms with Crippen LogP contribution in [0.5, 0.6) is 0 Å². The van der Waals surface area contributed by atoms with Crippen molar-refractivity contribution in [2.75, 3.05) is 6.54 Å². The Kier molecular flexibility index (Phi) is 6.23. The Hall–Kier alpha value is -1.12. The minimum atomic E-state index is -4.33. The van der Waals surface area contributed by atoms with Gasteiger partial charge >= 0.3 is 6.18 Å². The van der Waals surface area contributed by atoms with Crippen molar-refractivity contribution in [2.45, 2.75) is 50.2 Å². The van der Waals surface area contributed by atoms with Crippen molar-refractivity contribution in [3.8, 4) is 0 Å². The van der Waals surface area contributed by atoms with Crippen LogP contribution in [0.4, 0.5) is 13.2 Å². The summed E-state index contributed by atoms with van der Waals surface area (Å²) in [6, 6.07) is 4.69. The van der Waals surface area contributed by atoms with Gasteiger partial charge in [0, 0.05) is 12.1 Å². The molecule has 132 valence electrons. The molecule has 0 spiro atoms. The van der Waals surface area contributed by atoms with Crippen LogP contribution in [-0.2, 0) is 16.4 Å². The van der Waals surface area contributed by atoms with Crippen LogP contribution in [0.3, 0.4) is 0 Å². The van der Waals surface area contributed by atoms with Crippen LogP contribution in [0.25, 0.3) is 0 Å². The van der Waals surface area contributed by atoms with Gasteiger partial charge in [-0.15, -0.1) is 0 Å². The number of nitrogens with two attached hydrogens (primary N) is 1. The van der Waals surface area contributed by atoms with Gasteiger partial charge in [-0.25, -0.2) is 13.1 Å². The van der Waals surface area contributed by atoms with E-state index in [0.717, 1.165) is 0 Å². The summed E-state index contributed by atoms with van der Waals surface area (Å²) in [4.78, 5) is -0.0770. The van der Waals surface area contributed by atoms with E-state index in [-0.39, 0.29) is 22.9 Å². The summed E-state index contributed by atoms with van der Waals surface area (Å²) < 4.78 is 64.3. The first-order valence-corrected chi connectivity index (χ1v) is 8.75. The van der Waals surface area contributed by atoms with Crippen molar-refractivity contribution in [3.05, 3.63) is 29.8 Å². The quantitative estimate of drug-likeness (QED) is 0.793. The minimum absolute atomic E-state index is 0.0141. The molecule has 3 N–H and O–H groups in total. The molecular weight excluding hydrogens is 329 g/mol. The van der Waals surface area contributed by atoms with E-state index >= 15 is 0 Å². The predicted molar refractivity (Wildman–Crippen MR) is 83.4 cm³/mol. The average Bonchev–Trinajstić information content (AvgIpc) is 2.35. The fourth-order valence-corrected chi connectivity index (χ4v) is 3.90. The van der Waals surface area contributed by atoms with Crippen LogP contribution < -0.4 is 10.5 Å². The molecule has 23 heavy (non-hydrogen) atoms. The number of hydrogen-bond acceptors (Lipinski definition) is 3. The first-order valence-electron chi connectivity index (χ1n) is 7.27. The molecule has 0 radical (unpaired) electrons. The Bertz CT molecular complexity index is 613. The van der Waals surface area contributed by atoms with E-state index in [2.05, 4.69) is 4.72 Å². The molecule has 1 aromatic rings. The normalized spacial score (nSPS) is 15.7. The Labute approximate surface area is 135 Å². The molecule has 0 saturated heterocycles. The summed E-state index contributed by atoms with van der Waals surface area (Å²) in [5, 5.41) is 0. The fraction of sp³-hybridized carbons (Fsp3) is 0.600. The largest absolute Gasteiger partial charge is 0.393 e. The molecular formula is C15H23F3N2O2S. The zero-order chi connectivity index (χ0) is 17.9. The molecule has 4 nitrogen and oxygen atoms in total. The number of hydrogen-bond donors (Lipinski definition) is 2. The van der Waals surface area contributed by atoms with Gasteiger partial charge in [0.2, 0.25) is 10.0 Å². The van der Waals surface area contributed by atoms with E-state index in [1.165, 1.54) is 24.3 Å². The minimum Gasteiger partial charge on any atom is -0.329 e. The van der Waals surface area contributed by atoms with Crippen molar-refractivity contribution >= 4 is 10.0 Å². The highest BCUT2D eigenvalue weighted by molar-refractivity contribution is 7.89. The molecule has 0 aliphatic heterocycles. The van der Waals surface area contributed by atoms with E-state index < -0.39 is 28.2 Å². The lowest BCUT2D eigenvalue weighted by atomic mass is 9.92. The highest BCUT2D eigenvalue weighted by atomic mass is 32.2. The van der Waals surface area contributed by atoms with E-state index in [9.17, 15) is 21.6 Å². The Morgan fingerprint density at radius 3 is 2.09 bits per heavy atom. The summed E-state index contributed by atoms with van der Waals surface area (Å²) in [7, 11) is -3.85. The van der Waals surface area contributed by atoms with Gasteiger partial charge in [-0.3, -0.25) is 0 Å². The first-order chi connectivity index (χ1) is 10.4. The number of nitrogens with one attached hydrogen (secondary N) is 1. The Morgan fingerprint density at radius 1 is 1.17 bits per heavy atom. The smallest absolute Gasteiger partial charge is 0.329 e. The maximum absolute atomic E-state index is 12.4. The molecule has 0 fully saturated rings. The van der Waals surface area contributed by atoms with Crippen molar-refractivity contribution in [1.82, 2.24) is 4.72 Å². The predicted octanol–water partition coefficient (Wildman–Crippen LogP) is 2.83. The van der Waals surface area contributed by atoms with Crippen LogP contribution in [-0.4, -0.2) is 26.7 Å². The average molecular weight is 352 g/mol. The van der Waals surface area contributed by atoms with Gasteiger partial charge in [-0.05, 0) is 37.0 Å². The Morgan fingerprint density at radius 2 is 1.70 bits per heavy atom. The third-order valence-corrected chi connectivity index (χ3v) is 4.98. The van der Waals surface area contributed by atoms with Crippen molar-refractivity contribution in [3.63, 3.8) is 0 Å². The van der Waals surface area contributed by atoms with Crippen LogP contribution in [0.1, 0.15) is 32.8 Å². The second kappa shape index (κ2) is 7.19. The molecule has 0 amide bonds. The molecule has 1 unspecified atom stereocenters. The lowest BCUT2D eigenvalue weighted by Gasteiger charge is -2.30. The molecule has 0 aromatic heterocycles. The highest BCUT2D eigenvalue weighted by Crippen LogP contribution is 2.23. The topological polar surface area (TPSA) is 72.2 Å². The fourth-order valence-electron chi connectivity index (χ4n) is 2.47. The van der Waals surface area contributed by atoms with E-state index in [1.54, 1.807) is 6.92 Å². The second-order valence-corrected chi connectivity index (χ2v) is 8.09. The zero-order valence-corrected chi connectivity index (χ0v) is 14.3. The third kappa shape index (κ3) is 6.48. The van der Waals surface area contributed by atoms with Gasteiger partial charge < -0.3 is 5.73 Å². The standard InChI is InChI=1S/C15H23F3N2O2S/c1-11(2)8-14(3,10-19)20-23(21,22)13-6-4-12(5-7-13)9-15(16,17)18/h4-7,11,20H,8-10,19H2,1-3H3.